The van der Waals surface area contributed by atoms with Crippen LogP contribution in [0.5, 0.6) is 0 Å². The summed E-state index contributed by atoms with van der Waals surface area (Å²) in [4.78, 5) is 21.5. The number of ketones is 1. The molecule has 0 amide bonds. The van der Waals surface area contributed by atoms with Crippen LogP contribution in [-0.2, 0) is 0 Å². The summed E-state index contributed by atoms with van der Waals surface area (Å²) in [5.74, 6) is 0.187. The number of Topliss-reactive ketones (excluding diaryl/α,β-unsaturated/α-hetero) is 1. The molecule has 2 aromatic rings. The van der Waals surface area contributed by atoms with Crippen LogP contribution in [0.3, 0.4) is 0 Å². The summed E-state index contributed by atoms with van der Waals surface area (Å²) in [6.45, 7) is 3.03. The molecule has 0 radical (unpaired) electrons. The molecule has 110 valence electrons. The zero-order chi connectivity index (χ0) is 14.8. The van der Waals surface area contributed by atoms with Crippen molar-refractivity contribution < 1.29 is 4.79 Å². The van der Waals surface area contributed by atoms with Crippen LogP contribution in [-0.4, -0.2) is 60.3 Å². The van der Waals surface area contributed by atoms with Gasteiger partial charge in [-0.05, 0) is 19.5 Å². The van der Waals surface area contributed by atoms with E-state index < -0.39 is 0 Å². The number of nitrogens with zero attached hydrogens (tertiary/aromatic N) is 3. The lowest BCUT2D eigenvalue weighted by Gasteiger charge is -2.37. The van der Waals surface area contributed by atoms with Crippen molar-refractivity contribution in [3.8, 4) is 0 Å². The summed E-state index contributed by atoms with van der Waals surface area (Å²) in [7, 11) is 4.22. The van der Waals surface area contributed by atoms with Crippen LogP contribution in [0, 0.1) is 0 Å². The van der Waals surface area contributed by atoms with E-state index in [1.807, 2.05) is 30.5 Å². The van der Waals surface area contributed by atoms with Crippen LogP contribution in [0.2, 0.25) is 0 Å². The minimum Gasteiger partial charge on any atom is -0.304 e. The summed E-state index contributed by atoms with van der Waals surface area (Å²) in [5, 5.41) is 2.03. The zero-order valence-corrected chi connectivity index (χ0v) is 12.6. The SMILES string of the molecule is CN1CCN(C)C(CC(=O)c2cncc3ccccc23)C1. The van der Waals surface area contributed by atoms with E-state index in [0.29, 0.717) is 6.42 Å². The second-order valence-corrected chi connectivity index (χ2v) is 5.93. The largest absolute Gasteiger partial charge is 0.304 e. The van der Waals surface area contributed by atoms with Crippen molar-refractivity contribution in [1.82, 2.24) is 14.8 Å². The van der Waals surface area contributed by atoms with Gasteiger partial charge in [0.25, 0.3) is 0 Å². The molecule has 1 aromatic heterocycles. The van der Waals surface area contributed by atoms with Gasteiger partial charge in [-0.3, -0.25) is 9.78 Å². The number of benzene rings is 1. The number of piperazine rings is 1. The molecule has 4 heteroatoms. The number of hydrogen-bond donors (Lipinski definition) is 0. The van der Waals surface area contributed by atoms with Crippen LogP contribution in [0.1, 0.15) is 16.8 Å². The first-order valence-electron chi connectivity index (χ1n) is 7.40. The summed E-state index contributed by atoms with van der Waals surface area (Å²) < 4.78 is 0. The number of carbonyl (C=O) groups is 1. The average molecular weight is 283 g/mol. The van der Waals surface area contributed by atoms with Gasteiger partial charge in [0.15, 0.2) is 5.78 Å². The lowest BCUT2D eigenvalue weighted by atomic mass is 9.98. The van der Waals surface area contributed by atoms with Crippen molar-refractivity contribution in [1.29, 1.82) is 0 Å². The van der Waals surface area contributed by atoms with E-state index in [9.17, 15) is 4.79 Å². The van der Waals surface area contributed by atoms with Crippen molar-refractivity contribution in [3.63, 3.8) is 0 Å². The molecule has 1 unspecified atom stereocenters. The predicted octanol–water partition coefficient (Wildman–Crippen LogP) is 2.05. The summed E-state index contributed by atoms with van der Waals surface area (Å²) in [5.41, 5.74) is 0.745. The van der Waals surface area contributed by atoms with Gasteiger partial charge in [0, 0.05) is 55.4 Å². The highest BCUT2D eigenvalue weighted by molar-refractivity contribution is 6.07. The summed E-state index contributed by atoms with van der Waals surface area (Å²) in [6, 6.07) is 8.23. The predicted molar refractivity (Wildman–Crippen MR) is 84.6 cm³/mol. The lowest BCUT2D eigenvalue weighted by Crippen LogP contribution is -2.50. The van der Waals surface area contributed by atoms with E-state index in [2.05, 4.69) is 28.9 Å². The fourth-order valence-corrected chi connectivity index (χ4v) is 2.98. The first kappa shape index (κ1) is 14.2. The highest BCUT2D eigenvalue weighted by Crippen LogP contribution is 2.20. The minimum atomic E-state index is 0.187. The molecule has 3 rings (SSSR count). The molecule has 0 spiro atoms. The monoisotopic (exact) mass is 283 g/mol. The smallest absolute Gasteiger partial charge is 0.166 e. The van der Waals surface area contributed by atoms with Crippen LogP contribution < -0.4 is 0 Å². The normalized spacial score (nSPS) is 20.8. The Bertz CT molecular complexity index is 650. The Morgan fingerprint density at radius 2 is 2.05 bits per heavy atom. The molecule has 1 aromatic carbocycles. The van der Waals surface area contributed by atoms with Crippen LogP contribution in [0.4, 0.5) is 0 Å². The molecule has 0 N–H and O–H groups in total. The number of fused-ring (bicyclic) bond motifs is 1. The van der Waals surface area contributed by atoms with Crippen LogP contribution >= 0.6 is 0 Å². The van der Waals surface area contributed by atoms with Crippen LogP contribution in [0.25, 0.3) is 10.8 Å². The standard InChI is InChI=1S/C17H21N3O/c1-19-7-8-20(2)14(12-19)9-17(21)16-11-18-10-13-5-3-4-6-15(13)16/h3-6,10-11,14H,7-9,12H2,1-2H3. The van der Waals surface area contributed by atoms with E-state index in [-0.39, 0.29) is 11.8 Å². The van der Waals surface area contributed by atoms with E-state index in [1.54, 1.807) is 6.20 Å². The second-order valence-electron chi connectivity index (χ2n) is 5.93. The van der Waals surface area contributed by atoms with E-state index in [1.165, 1.54) is 0 Å². The number of likely N-dealkylation sites (N-methyl/N-ethyl adjacent to an activating group) is 2. The molecule has 1 aliphatic rings. The first-order valence-corrected chi connectivity index (χ1v) is 7.40. The van der Waals surface area contributed by atoms with Gasteiger partial charge in [0.2, 0.25) is 0 Å². The van der Waals surface area contributed by atoms with E-state index in [4.69, 9.17) is 0 Å². The number of rotatable bonds is 3. The summed E-state index contributed by atoms with van der Waals surface area (Å²) >= 11 is 0. The van der Waals surface area contributed by atoms with Crippen molar-refractivity contribution in [3.05, 3.63) is 42.2 Å². The van der Waals surface area contributed by atoms with E-state index >= 15 is 0 Å². The zero-order valence-electron chi connectivity index (χ0n) is 12.6. The number of hydrogen-bond acceptors (Lipinski definition) is 4. The molecule has 2 heterocycles. The number of carbonyl (C=O) groups excluding carboxylic acids is 1. The van der Waals surface area contributed by atoms with Crippen molar-refractivity contribution >= 4 is 16.6 Å². The molecule has 0 aliphatic carbocycles. The van der Waals surface area contributed by atoms with Gasteiger partial charge in [-0.2, -0.15) is 0 Å². The van der Waals surface area contributed by atoms with Crippen molar-refractivity contribution in [2.45, 2.75) is 12.5 Å². The van der Waals surface area contributed by atoms with Crippen molar-refractivity contribution in [2.24, 2.45) is 0 Å². The van der Waals surface area contributed by atoms with Gasteiger partial charge in [0.05, 0.1) is 0 Å². The lowest BCUT2D eigenvalue weighted by molar-refractivity contribution is 0.0811. The van der Waals surface area contributed by atoms with Gasteiger partial charge >= 0.3 is 0 Å². The highest BCUT2D eigenvalue weighted by Gasteiger charge is 2.25. The topological polar surface area (TPSA) is 36.4 Å². The molecule has 1 fully saturated rings. The summed E-state index contributed by atoms with van der Waals surface area (Å²) in [6.07, 6.45) is 4.07. The van der Waals surface area contributed by atoms with Gasteiger partial charge in [-0.15, -0.1) is 0 Å². The first-order chi connectivity index (χ1) is 10.1. The molecule has 1 atom stereocenters. The third-order valence-corrected chi connectivity index (χ3v) is 4.37. The fraction of sp³-hybridized carbons (Fsp3) is 0.412. The average Bonchev–Trinajstić information content (AvgIpc) is 2.50. The maximum Gasteiger partial charge on any atom is 0.166 e. The Morgan fingerprint density at radius 3 is 2.90 bits per heavy atom. The number of aromatic nitrogens is 1. The quantitative estimate of drug-likeness (QED) is 0.808. The molecular weight excluding hydrogens is 262 g/mol. The molecule has 4 nitrogen and oxygen atoms in total. The Hall–Kier alpha value is -1.78. The van der Waals surface area contributed by atoms with Gasteiger partial charge in [-0.25, -0.2) is 0 Å². The van der Waals surface area contributed by atoms with E-state index in [0.717, 1.165) is 36.0 Å². The minimum absolute atomic E-state index is 0.187. The molecule has 1 saturated heterocycles. The van der Waals surface area contributed by atoms with Gasteiger partial charge in [0.1, 0.15) is 0 Å². The van der Waals surface area contributed by atoms with Crippen LogP contribution in [0.15, 0.2) is 36.7 Å². The fourth-order valence-electron chi connectivity index (χ4n) is 2.98. The third kappa shape index (κ3) is 2.96. The Morgan fingerprint density at radius 1 is 1.24 bits per heavy atom. The molecule has 21 heavy (non-hydrogen) atoms. The highest BCUT2D eigenvalue weighted by atomic mass is 16.1. The Balaban J connectivity index is 1.84. The molecule has 0 saturated carbocycles. The maximum atomic E-state index is 12.7. The van der Waals surface area contributed by atoms with Gasteiger partial charge in [-0.1, -0.05) is 24.3 Å². The second kappa shape index (κ2) is 5.92. The number of pyridine rings is 1. The van der Waals surface area contributed by atoms with Crippen molar-refractivity contribution in [2.75, 3.05) is 33.7 Å². The maximum absolute atomic E-state index is 12.7. The molecule has 0 bridgehead atoms. The Labute approximate surface area is 125 Å². The molecular formula is C17H21N3O. The van der Waals surface area contributed by atoms with Gasteiger partial charge < -0.3 is 9.80 Å². The molecule has 1 aliphatic heterocycles. The Kier molecular flexibility index (Phi) is 3.99. The third-order valence-electron chi connectivity index (χ3n) is 4.37.